The molecule has 0 atom stereocenters. The number of esters is 1. The van der Waals surface area contributed by atoms with Gasteiger partial charge in [-0.3, -0.25) is 9.59 Å². The highest BCUT2D eigenvalue weighted by Gasteiger charge is 2.20. The van der Waals surface area contributed by atoms with Crippen molar-refractivity contribution in [1.29, 1.82) is 0 Å². The Balaban J connectivity index is 1.34. The van der Waals surface area contributed by atoms with Crippen LogP contribution in [0.4, 0.5) is 0 Å². The molecule has 4 aromatic rings. The van der Waals surface area contributed by atoms with E-state index >= 15 is 0 Å². The summed E-state index contributed by atoms with van der Waals surface area (Å²) in [5.74, 6) is -1.04. The molecular formula is C26H19Cl2N3O5S. The van der Waals surface area contributed by atoms with Gasteiger partial charge in [-0.25, -0.2) is 10.2 Å². The van der Waals surface area contributed by atoms with Crippen molar-refractivity contribution in [3.63, 3.8) is 0 Å². The first-order valence-corrected chi connectivity index (χ1v) is 12.4. The van der Waals surface area contributed by atoms with Crippen LogP contribution in [0.3, 0.4) is 0 Å². The predicted octanol–water partition coefficient (Wildman–Crippen LogP) is 5.32. The lowest BCUT2D eigenvalue weighted by atomic mass is 10.2. The Labute approximate surface area is 225 Å². The maximum absolute atomic E-state index is 12.8. The highest BCUT2D eigenvalue weighted by molar-refractivity contribution is 7.21. The van der Waals surface area contributed by atoms with E-state index in [-0.39, 0.29) is 18.0 Å². The summed E-state index contributed by atoms with van der Waals surface area (Å²) in [4.78, 5) is 37.1. The van der Waals surface area contributed by atoms with E-state index in [0.29, 0.717) is 26.0 Å². The predicted molar refractivity (Wildman–Crippen MR) is 144 cm³/mol. The van der Waals surface area contributed by atoms with Gasteiger partial charge in [0.15, 0.2) is 11.5 Å². The van der Waals surface area contributed by atoms with Gasteiger partial charge in [0.2, 0.25) is 0 Å². The third-order valence-corrected chi connectivity index (χ3v) is 6.94. The summed E-state index contributed by atoms with van der Waals surface area (Å²) < 4.78 is 11.7. The van der Waals surface area contributed by atoms with Crippen LogP contribution in [0.25, 0.3) is 10.1 Å². The van der Waals surface area contributed by atoms with Gasteiger partial charge in [-0.15, -0.1) is 11.3 Å². The standard InChI is InChI=1S/C26H19Cl2N3O5S/c1-35-20-12-15(13-30-31-22(32)14-29-25(33)16-7-9-17(27)10-8-16)6-11-19(20)36-26(34)24-23(28)18-4-2-3-5-21(18)37-24/h2-13H,14H2,1H3,(H,29,33)(H,31,32). The third-order valence-electron chi connectivity index (χ3n) is 5.03. The minimum absolute atomic E-state index is 0.201. The first-order valence-electron chi connectivity index (χ1n) is 10.8. The molecule has 37 heavy (non-hydrogen) atoms. The largest absolute Gasteiger partial charge is 0.493 e. The minimum Gasteiger partial charge on any atom is -0.493 e. The van der Waals surface area contributed by atoms with Crippen LogP contribution >= 0.6 is 34.5 Å². The number of hydrogen-bond acceptors (Lipinski definition) is 7. The monoisotopic (exact) mass is 555 g/mol. The highest BCUT2D eigenvalue weighted by atomic mass is 35.5. The first-order chi connectivity index (χ1) is 17.9. The molecule has 0 radical (unpaired) electrons. The van der Waals surface area contributed by atoms with Crippen molar-refractivity contribution in [1.82, 2.24) is 10.7 Å². The van der Waals surface area contributed by atoms with Crippen molar-refractivity contribution in [3.8, 4) is 11.5 Å². The van der Waals surface area contributed by atoms with Crippen LogP contribution in [0.2, 0.25) is 10.0 Å². The Hall–Kier alpha value is -3.92. The molecular weight excluding hydrogens is 537 g/mol. The van der Waals surface area contributed by atoms with Gasteiger partial charge < -0.3 is 14.8 Å². The fourth-order valence-electron chi connectivity index (χ4n) is 3.22. The molecule has 0 aliphatic carbocycles. The molecule has 0 spiro atoms. The van der Waals surface area contributed by atoms with E-state index in [0.717, 1.165) is 10.1 Å². The number of nitrogens with one attached hydrogen (secondary N) is 2. The van der Waals surface area contributed by atoms with E-state index in [9.17, 15) is 14.4 Å². The number of thiophene rings is 1. The number of carbonyl (C=O) groups excluding carboxylic acids is 3. The summed E-state index contributed by atoms with van der Waals surface area (Å²) in [6, 6.07) is 18.5. The zero-order valence-corrected chi connectivity index (χ0v) is 21.6. The van der Waals surface area contributed by atoms with Gasteiger partial charge in [-0.1, -0.05) is 41.4 Å². The number of benzene rings is 3. The molecule has 0 aliphatic heterocycles. The number of nitrogens with zero attached hydrogens (tertiary/aromatic N) is 1. The number of rotatable bonds is 8. The van der Waals surface area contributed by atoms with Crippen molar-refractivity contribution in [2.24, 2.45) is 5.10 Å². The molecule has 11 heteroatoms. The zero-order valence-electron chi connectivity index (χ0n) is 19.3. The van der Waals surface area contributed by atoms with Gasteiger partial charge in [-0.2, -0.15) is 5.10 Å². The molecule has 1 aromatic heterocycles. The number of carbonyl (C=O) groups is 3. The zero-order chi connectivity index (χ0) is 26.4. The van der Waals surface area contributed by atoms with E-state index in [1.807, 2.05) is 24.3 Å². The summed E-state index contributed by atoms with van der Waals surface area (Å²) in [6.07, 6.45) is 1.38. The van der Waals surface area contributed by atoms with E-state index in [1.54, 1.807) is 42.5 Å². The van der Waals surface area contributed by atoms with Gasteiger partial charge in [0.25, 0.3) is 11.8 Å². The molecule has 188 valence electrons. The van der Waals surface area contributed by atoms with Crippen LogP contribution in [0.1, 0.15) is 25.6 Å². The van der Waals surface area contributed by atoms with E-state index in [1.165, 1.54) is 24.7 Å². The lowest BCUT2D eigenvalue weighted by molar-refractivity contribution is -0.120. The lowest BCUT2D eigenvalue weighted by Gasteiger charge is -2.09. The maximum Gasteiger partial charge on any atom is 0.355 e. The van der Waals surface area contributed by atoms with Crippen LogP contribution in [-0.2, 0) is 4.79 Å². The Morgan fingerprint density at radius 1 is 1.00 bits per heavy atom. The third kappa shape index (κ3) is 6.45. The Morgan fingerprint density at radius 3 is 2.49 bits per heavy atom. The van der Waals surface area contributed by atoms with Crippen molar-refractivity contribution < 1.29 is 23.9 Å². The second-order valence-electron chi connectivity index (χ2n) is 7.52. The fourth-order valence-corrected chi connectivity index (χ4v) is 4.73. The molecule has 0 fully saturated rings. The fraction of sp³-hybridized carbons (Fsp3) is 0.0769. The van der Waals surface area contributed by atoms with Crippen molar-refractivity contribution in [3.05, 3.63) is 92.8 Å². The number of halogens is 2. The van der Waals surface area contributed by atoms with Crippen LogP contribution < -0.4 is 20.2 Å². The van der Waals surface area contributed by atoms with Gasteiger partial charge in [0.05, 0.1) is 24.9 Å². The molecule has 8 nitrogen and oxygen atoms in total. The van der Waals surface area contributed by atoms with Crippen LogP contribution in [0.5, 0.6) is 11.5 Å². The van der Waals surface area contributed by atoms with Crippen LogP contribution in [0.15, 0.2) is 71.8 Å². The van der Waals surface area contributed by atoms with Crippen molar-refractivity contribution in [2.75, 3.05) is 13.7 Å². The van der Waals surface area contributed by atoms with Crippen molar-refractivity contribution in [2.45, 2.75) is 0 Å². The van der Waals surface area contributed by atoms with E-state index < -0.39 is 17.8 Å². The summed E-state index contributed by atoms with van der Waals surface area (Å²) in [5, 5.41) is 8.00. The van der Waals surface area contributed by atoms with Crippen LogP contribution in [0, 0.1) is 0 Å². The molecule has 2 N–H and O–H groups in total. The molecule has 0 aliphatic rings. The van der Waals surface area contributed by atoms with Gasteiger partial charge in [0.1, 0.15) is 4.88 Å². The molecule has 3 aromatic carbocycles. The average molecular weight is 556 g/mol. The molecule has 0 unspecified atom stereocenters. The summed E-state index contributed by atoms with van der Waals surface area (Å²) in [5.41, 5.74) is 3.28. The quantitative estimate of drug-likeness (QED) is 0.132. The SMILES string of the molecule is COc1cc(C=NNC(=O)CNC(=O)c2ccc(Cl)cc2)ccc1OC(=O)c1sc2ccccc2c1Cl. The first kappa shape index (κ1) is 26.2. The smallest absolute Gasteiger partial charge is 0.355 e. The highest BCUT2D eigenvalue weighted by Crippen LogP contribution is 2.37. The molecule has 0 saturated carbocycles. The Morgan fingerprint density at radius 2 is 1.76 bits per heavy atom. The van der Waals surface area contributed by atoms with Gasteiger partial charge in [0, 0.05) is 20.7 Å². The summed E-state index contributed by atoms with van der Waals surface area (Å²) >= 11 is 13.4. The number of amides is 2. The summed E-state index contributed by atoms with van der Waals surface area (Å²) in [7, 11) is 1.44. The maximum atomic E-state index is 12.8. The van der Waals surface area contributed by atoms with E-state index in [2.05, 4.69) is 15.8 Å². The van der Waals surface area contributed by atoms with Gasteiger partial charge >= 0.3 is 5.97 Å². The number of hydrazone groups is 1. The molecule has 2 amide bonds. The Kier molecular flexibility index (Phi) is 8.39. The van der Waals surface area contributed by atoms with Crippen molar-refractivity contribution >= 4 is 68.6 Å². The van der Waals surface area contributed by atoms with E-state index in [4.69, 9.17) is 32.7 Å². The van der Waals surface area contributed by atoms with Crippen LogP contribution in [-0.4, -0.2) is 37.7 Å². The number of fused-ring (bicyclic) bond motifs is 1. The number of ether oxygens (including phenoxy) is 2. The average Bonchev–Trinajstić information content (AvgIpc) is 3.25. The number of hydrogen-bond donors (Lipinski definition) is 2. The normalized spacial score (nSPS) is 10.9. The summed E-state index contributed by atoms with van der Waals surface area (Å²) in [6.45, 7) is -0.267. The molecule has 0 saturated heterocycles. The lowest BCUT2D eigenvalue weighted by Crippen LogP contribution is -2.34. The molecule has 4 rings (SSSR count). The Bertz CT molecular complexity index is 1500. The molecule has 1 heterocycles. The van der Waals surface area contributed by atoms with Gasteiger partial charge in [-0.05, 0) is 54.1 Å². The topological polar surface area (TPSA) is 106 Å². The minimum atomic E-state index is -0.598. The second kappa shape index (κ2) is 11.9. The number of methoxy groups -OCH3 is 1. The second-order valence-corrected chi connectivity index (χ2v) is 9.39. The molecule has 0 bridgehead atoms.